The lowest BCUT2D eigenvalue weighted by Gasteiger charge is -2.33. The van der Waals surface area contributed by atoms with E-state index in [9.17, 15) is 10.2 Å². The molecule has 0 amide bonds. The molecule has 2 aliphatic carbocycles. The molecule has 2 fully saturated rings. The molecule has 2 aliphatic rings. The molecule has 0 aliphatic heterocycles. The van der Waals surface area contributed by atoms with Crippen molar-refractivity contribution < 1.29 is 10.2 Å². The number of aliphatic hydroxyl groups excluding tert-OH is 2. The number of rotatable bonds is 2. The molecule has 0 unspecified atom stereocenters. The Morgan fingerprint density at radius 1 is 0.636 bits per heavy atom. The van der Waals surface area contributed by atoms with E-state index in [0.29, 0.717) is 23.7 Å². The van der Waals surface area contributed by atoms with Gasteiger partial charge < -0.3 is 10.2 Å². The van der Waals surface area contributed by atoms with Crippen LogP contribution in [0.3, 0.4) is 0 Å². The molecule has 0 aromatic rings. The van der Waals surface area contributed by atoms with Crippen molar-refractivity contribution in [3.05, 3.63) is 0 Å². The van der Waals surface area contributed by atoms with Crippen LogP contribution in [0, 0.1) is 35.5 Å². The fraction of sp³-hybridized carbons (Fsp3) is 1.00. The number of hydrogen-bond donors (Lipinski definition) is 2. The molecule has 0 heterocycles. The van der Waals surface area contributed by atoms with Crippen LogP contribution in [-0.4, -0.2) is 22.4 Å². The van der Waals surface area contributed by atoms with E-state index in [4.69, 9.17) is 0 Å². The lowest BCUT2D eigenvalue weighted by molar-refractivity contribution is 0.0263. The van der Waals surface area contributed by atoms with Gasteiger partial charge in [0, 0.05) is 0 Å². The topological polar surface area (TPSA) is 40.5 Å². The molecule has 2 heteroatoms. The molecule has 2 saturated carbocycles. The molecule has 2 rings (SSSR count). The molecule has 0 saturated heterocycles. The second-order valence-corrected chi connectivity index (χ2v) is 8.79. The van der Waals surface area contributed by atoms with Crippen molar-refractivity contribution in [2.45, 2.75) is 92.3 Å². The zero-order valence-corrected chi connectivity index (χ0v) is 15.8. The summed E-state index contributed by atoms with van der Waals surface area (Å²) in [7, 11) is 0. The maximum atomic E-state index is 9.71. The van der Waals surface area contributed by atoms with Crippen LogP contribution in [0.15, 0.2) is 0 Å². The molecule has 22 heavy (non-hydrogen) atoms. The van der Waals surface area contributed by atoms with Gasteiger partial charge in [-0.15, -0.1) is 0 Å². The minimum Gasteiger partial charge on any atom is -0.393 e. The van der Waals surface area contributed by atoms with E-state index >= 15 is 0 Å². The first-order valence-corrected chi connectivity index (χ1v) is 9.58. The molecule has 2 N–H and O–H groups in total. The minimum atomic E-state index is -0.0289. The average Bonchev–Trinajstić information content (AvgIpc) is 2.38. The molecule has 0 bridgehead atoms. The van der Waals surface area contributed by atoms with Crippen LogP contribution < -0.4 is 0 Å². The fourth-order valence-corrected chi connectivity index (χ4v) is 4.30. The molecule has 2 nitrogen and oxygen atoms in total. The largest absolute Gasteiger partial charge is 0.393 e. The van der Waals surface area contributed by atoms with Crippen molar-refractivity contribution in [3.8, 4) is 0 Å². The van der Waals surface area contributed by atoms with E-state index in [2.05, 4.69) is 41.5 Å². The van der Waals surface area contributed by atoms with E-state index in [1.54, 1.807) is 0 Å². The summed E-state index contributed by atoms with van der Waals surface area (Å²) >= 11 is 0. The van der Waals surface area contributed by atoms with Crippen LogP contribution in [0.2, 0.25) is 0 Å². The van der Waals surface area contributed by atoms with Crippen molar-refractivity contribution >= 4 is 0 Å². The van der Waals surface area contributed by atoms with Crippen LogP contribution in [-0.2, 0) is 0 Å². The van der Waals surface area contributed by atoms with Crippen LogP contribution >= 0.6 is 0 Å². The van der Waals surface area contributed by atoms with Crippen molar-refractivity contribution in [1.82, 2.24) is 0 Å². The lowest BCUT2D eigenvalue weighted by Crippen LogP contribution is -2.31. The van der Waals surface area contributed by atoms with Gasteiger partial charge in [-0.3, -0.25) is 0 Å². The third-order valence-corrected chi connectivity index (χ3v) is 5.97. The molecule has 6 atom stereocenters. The van der Waals surface area contributed by atoms with Gasteiger partial charge in [-0.2, -0.15) is 0 Å². The molecule has 132 valence electrons. The van der Waals surface area contributed by atoms with E-state index in [1.807, 2.05) is 0 Å². The van der Waals surface area contributed by atoms with Gasteiger partial charge in [0.05, 0.1) is 12.2 Å². The summed E-state index contributed by atoms with van der Waals surface area (Å²) < 4.78 is 0. The maximum absolute atomic E-state index is 9.71. The molecule has 0 aromatic heterocycles. The van der Waals surface area contributed by atoms with E-state index in [1.165, 1.54) is 25.7 Å². The summed E-state index contributed by atoms with van der Waals surface area (Å²) in [4.78, 5) is 0. The molecule has 0 radical (unpaired) electrons. The van der Waals surface area contributed by atoms with E-state index in [-0.39, 0.29) is 12.2 Å². The van der Waals surface area contributed by atoms with Crippen molar-refractivity contribution in [2.75, 3.05) is 0 Å². The van der Waals surface area contributed by atoms with Gasteiger partial charge in [0.1, 0.15) is 0 Å². The molecular formula is C20H40O2. The summed E-state index contributed by atoms with van der Waals surface area (Å²) in [6.07, 6.45) is 7.03. The minimum absolute atomic E-state index is 0.0289. The van der Waals surface area contributed by atoms with Gasteiger partial charge >= 0.3 is 0 Å². The van der Waals surface area contributed by atoms with Gasteiger partial charge in [-0.05, 0) is 61.2 Å². The summed E-state index contributed by atoms with van der Waals surface area (Å²) in [5.74, 6) is 3.90. The molecule has 0 spiro atoms. The smallest absolute Gasteiger partial charge is 0.0573 e. The Bertz CT molecular complexity index is 270. The predicted molar refractivity (Wildman–Crippen MR) is 94.7 cm³/mol. The monoisotopic (exact) mass is 312 g/mol. The third kappa shape index (κ3) is 6.20. The Balaban J connectivity index is 0.000000220. The van der Waals surface area contributed by atoms with Gasteiger partial charge in [-0.25, -0.2) is 0 Å². The number of aliphatic hydroxyl groups is 2. The van der Waals surface area contributed by atoms with Crippen molar-refractivity contribution in [1.29, 1.82) is 0 Å². The SMILES string of the molecule is CC(C)[C@@H]1CC[C@@H](C)C[C@H]1O.CC(C)[C@@H]1CC[C@@H](C)C[C@H]1O. The van der Waals surface area contributed by atoms with Crippen LogP contribution in [0.25, 0.3) is 0 Å². The normalized spacial score (nSPS) is 39.5. The van der Waals surface area contributed by atoms with Crippen LogP contribution in [0.5, 0.6) is 0 Å². The highest BCUT2D eigenvalue weighted by Crippen LogP contribution is 2.33. The third-order valence-electron chi connectivity index (χ3n) is 5.97. The second kappa shape index (κ2) is 9.27. The molecule has 0 aromatic carbocycles. The van der Waals surface area contributed by atoms with Crippen LogP contribution in [0.1, 0.15) is 80.1 Å². The Morgan fingerprint density at radius 2 is 0.955 bits per heavy atom. The zero-order valence-electron chi connectivity index (χ0n) is 15.8. The fourth-order valence-electron chi connectivity index (χ4n) is 4.30. The Labute approximate surface area is 138 Å². The Hall–Kier alpha value is -0.0800. The van der Waals surface area contributed by atoms with E-state index < -0.39 is 0 Å². The Kier molecular flexibility index (Phi) is 8.42. The summed E-state index contributed by atoms with van der Waals surface area (Å²) in [6.45, 7) is 13.3. The highest BCUT2D eigenvalue weighted by molar-refractivity contribution is 4.80. The predicted octanol–water partition coefficient (Wildman–Crippen LogP) is 4.88. The Morgan fingerprint density at radius 3 is 1.18 bits per heavy atom. The van der Waals surface area contributed by atoms with Crippen LogP contribution in [0.4, 0.5) is 0 Å². The first-order valence-electron chi connectivity index (χ1n) is 9.58. The highest BCUT2D eigenvalue weighted by atomic mass is 16.3. The molecular weight excluding hydrogens is 272 g/mol. The first kappa shape index (κ1) is 20.0. The standard InChI is InChI=1S/2C10H20O/c2*1-7(2)9-5-4-8(3)6-10(9)11/h2*7-11H,4-6H2,1-3H3/t2*8-,9+,10-/m11/s1. The quantitative estimate of drug-likeness (QED) is 0.763. The summed E-state index contributed by atoms with van der Waals surface area (Å²) in [6, 6.07) is 0. The first-order chi connectivity index (χ1) is 10.2. The average molecular weight is 313 g/mol. The summed E-state index contributed by atoms with van der Waals surface area (Å²) in [5.41, 5.74) is 0. The second-order valence-electron chi connectivity index (χ2n) is 8.79. The van der Waals surface area contributed by atoms with E-state index in [0.717, 1.165) is 24.7 Å². The lowest BCUT2D eigenvalue weighted by atomic mass is 9.75. The van der Waals surface area contributed by atoms with Gasteiger partial charge in [-0.1, -0.05) is 54.4 Å². The van der Waals surface area contributed by atoms with Gasteiger partial charge in [0.2, 0.25) is 0 Å². The maximum Gasteiger partial charge on any atom is 0.0573 e. The van der Waals surface area contributed by atoms with Crippen molar-refractivity contribution in [2.24, 2.45) is 35.5 Å². The van der Waals surface area contributed by atoms with Gasteiger partial charge in [0.25, 0.3) is 0 Å². The summed E-state index contributed by atoms with van der Waals surface area (Å²) in [5, 5.41) is 19.4. The number of hydrogen-bond acceptors (Lipinski definition) is 2. The zero-order chi connectivity index (χ0) is 16.9. The van der Waals surface area contributed by atoms with Gasteiger partial charge in [0.15, 0.2) is 0 Å². The van der Waals surface area contributed by atoms with Crippen molar-refractivity contribution in [3.63, 3.8) is 0 Å². The highest BCUT2D eigenvalue weighted by Gasteiger charge is 2.29.